The molecule has 6 heteroatoms. The number of nitrogens with one attached hydrogen (secondary N) is 1. The fourth-order valence-electron chi connectivity index (χ4n) is 2.40. The molecule has 108 valence electrons. The summed E-state index contributed by atoms with van der Waals surface area (Å²) in [6.07, 6.45) is 2.02. The number of carbonyl (C=O) groups excluding carboxylic acids is 1. The van der Waals surface area contributed by atoms with Crippen molar-refractivity contribution in [1.82, 2.24) is 9.88 Å². The molecule has 1 aromatic carbocycles. The number of carbonyl (C=O) groups is 1. The molecule has 0 unspecified atom stereocenters. The molecular weight excluding hydrogens is 306 g/mol. The molecule has 2 aromatic rings. The first-order valence-electron chi connectivity index (χ1n) is 6.45. The molecule has 3 rings (SSSR count). The Morgan fingerprint density at radius 3 is 2.86 bits per heavy atom. The molecule has 1 aromatic heterocycles. The van der Waals surface area contributed by atoms with Crippen LogP contribution in [0.2, 0.25) is 5.15 Å². The molecule has 0 saturated heterocycles. The third-order valence-corrected chi connectivity index (χ3v) is 4.38. The number of nitrogens with zero attached hydrogens (tertiary/aromatic N) is 2. The summed E-state index contributed by atoms with van der Waals surface area (Å²) in [6.45, 7) is 0.494. The number of halogens is 1. The van der Waals surface area contributed by atoms with Crippen molar-refractivity contribution in [2.45, 2.75) is 11.4 Å². The first-order valence-corrected chi connectivity index (χ1v) is 8.05. The maximum atomic E-state index is 12.3. The molecule has 1 aliphatic heterocycles. The van der Waals surface area contributed by atoms with Gasteiger partial charge in [0.05, 0.1) is 29.2 Å². The van der Waals surface area contributed by atoms with Gasteiger partial charge in [-0.05, 0) is 24.5 Å². The molecule has 0 spiro atoms. The monoisotopic (exact) mass is 319 g/mol. The highest BCUT2D eigenvalue weighted by Gasteiger charge is 2.29. The fourth-order valence-corrected chi connectivity index (χ4v) is 3.16. The maximum Gasteiger partial charge on any atom is 0.257 e. The number of para-hydroxylation sites is 1. The van der Waals surface area contributed by atoms with Gasteiger partial charge in [0.25, 0.3) is 5.91 Å². The highest BCUT2D eigenvalue weighted by Crippen LogP contribution is 2.34. The van der Waals surface area contributed by atoms with Gasteiger partial charge in [0.15, 0.2) is 0 Å². The minimum atomic E-state index is -0.0294. The quantitative estimate of drug-likeness (QED) is 0.690. The highest BCUT2D eigenvalue weighted by molar-refractivity contribution is 7.98. The van der Waals surface area contributed by atoms with Gasteiger partial charge < -0.3 is 10.2 Å². The molecule has 0 fully saturated rings. The summed E-state index contributed by atoms with van der Waals surface area (Å²) in [5.41, 5.74) is 3.00. The van der Waals surface area contributed by atoms with E-state index in [4.69, 9.17) is 11.6 Å². The van der Waals surface area contributed by atoms with E-state index in [2.05, 4.69) is 10.3 Å². The van der Waals surface area contributed by atoms with Gasteiger partial charge >= 0.3 is 0 Å². The molecule has 1 aliphatic rings. The molecule has 1 N–H and O–H groups in total. The summed E-state index contributed by atoms with van der Waals surface area (Å²) in [5.74, 6) is -0.0294. The van der Waals surface area contributed by atoms with Crippen LogP contribution in [0.1, 0.15) is 16.1 Å². The lowest BCUT2D eigenvalue weighted by Crippen LogP contribution is -2.18. The zero-order chi connectivity index (χ0) is 15.0. The number of anilines is 2. The fraction of sp³-hybridized carbons (Fsp3) is 0.200. The van der Waals surface area contributed by atoms with E-state index < -0.39 is 0 Å². The average molecular weight is 320 g/mol. The summed E-state index contributed by atoms with van der Waals surface area (Å²) >= 11 is 7.72. The topological polar surface area (TPSA) is 45.2 Å². The lowest BCUT2D eigenvalue weighted by atomic mass is 10.1. The number of benzene rings is 1. The van der Waals surface area contributed by atoms with Crippen LogP contribution in [0.3, 0.4) is 0 Å². The lowest BCUT2D eigenvalue weighted by molar-refractivity contribution is 0.0817. The van der Waals surface area contributed by atoms with Gasteiger partial charge in [-0.2, -0.15) is 0 Å². The summed E-state index contributed by atoms with van der Waals surface area (Å²) in [4.78, 5) is 19.3. The molecule has 0 radical (unpaired) electrons. The van der Waals surface area contributed by atoms with Crippen LogP contribution in [0, 0.1) is 0 Å². The number of amides is 1. The van der Waals surface area contributed by atoms with E-state index in [-0.39, 0.29) is 5.91 Å². The third kappa shape index (κ3) is 2.59. The van der Waals surface area contributed by atoms with Crippen LogP contribution in [-0.2, 0) is 6.54 Å². The maximum absolute atomic E-state index is 12.3. The first-order chi connectivity index (χ1) is 10.1. The van der Waals surface area contributed by atoms with Crippen molar-refractivity contribution in [2.24, 2.45) is 0 Å². The van der Waals surface area contributed by atoms with Crippen molar-refractivity contribution in [2.75, 3.05) is 18.6 Å². The Morgan fingerprint density at radius 2 is 2.10 bits per heavy atom. The Balaban J connectivity index is 2.06. The van der Waals surface area contributed by atoms with Crippen molar-refractivity contribution >= 4 is 40.6 Å². The van der Waals surface area contributed by atoms with Gasteiger partial charge in [-0.1, -0.05) is 23.7 Å². The largest absolute Gasteiger partial charge is 0.354 e. The smallest absolute Gasteiger partial charge is 0.257 e. The van der Waals surface area contributed by atoms with Gasteiger partial charge in [-0.25, -0.2) is 4.98 Å². The van der Waals surface area contributed by atoms with Crippen LogP contribution < -0.4 is 5.32 Å². The van der Waals surface area contributed by atoms with Crippen molar-refractivity contribution in [3.05, 3.63) is 46.7 Å². The van der Waals surface area contributed by atoms with Crippen LogP contribution in [0.5, 0.6) is 0 Å². The highest BCUT2D eigenvalue weighted by atomic mass is 35.5. The Labute approximate surface area is 132 Å². The van der Waals surface area contributed by atoms with E-state index in [9.17, 15) is 4.79 Å². The van der Waals surface area contributed by atoms with Gasteiger partial charge in [0.1, 0.15) is 5.15 Å². The molecular formula is C15H14ClN3OS. The van der Waals surface area contributed by atoms with Gasteiger partial charge in [0, 0.05) is 11.9 Å². The summed E-state index contributed by atoms with van der Waals surface area (Å²) in [7, 11) is 1.76. The summed E-state index contributed by atoms with van der Waals surface area (Å²) < 4.78 is 0. The minimum Gasteiger partial charge on any atom is -0.354 e. The predicted octanol–water partition coefficient (Wildman–Crippen LogP) is 3.79. The molecule has 0 saturated carbocycles. The zero-order valence-electron chi connectivity index (χ0n) is 11.7. The SMILES string of the molecule is CSc1ccccc1Nc1cc(Cl)nc2c1C(=O)N(C)C2. The van der Waals surface area contributed by atoms with E-state index >= 15 is 0 Å². The van der Waals surface area contributed by atoms with E-state index in [0.717, 1.165) is 16.3 Å². The average Bonchev–Trinajstić information content (AvgIpc) is 2.74. The predicted molar refractivity (Wildman–Crippen MR) is 86.6 cm³/mol. The number of hydrogen-bond acceptors (Lipinski definition) is 4. The number of pyridine rings is 1. The van der Waals surface area contributed by atoms with Gasteiger partial charge in [-0.15, -0.1) is 11.8 Å². The Hall–Kier alpha value is -1.72. The van der Waals surface area contributed by atoms with Crippen LogP contribution in [0.25, 0.3) is 0 Å². The van der Waals surface area contributed by atoms with Crippen LogP contribution in [-0.4, -0.2) is 29.1 Å². The van der Waals surface area contributed by atoms with Crippen LogP contribution in [0.15, 0.2) is 35.2 Å². The Bertz CT molecular complexity index is 720. The molecule has 4 nitrogen and oxygen atoms in total. The normalized spacial score (nSPS) is 13.5. The van der Waals surface area contributed by atoms with Gasteiger partial charge in [0.2, 0.25) is 0 Å². The van der Waals surface area contributed by atoms with Crippen molar-refractivity contribution < 1.29 is 4.79 Å². The van der Waals surface area contributed by atoms with Crippen molar-refractivity contribution in [3.8, 4) is 0 Å². The molecule has 0 bridgehead atoms. The van der Waals surface area contributed by atoms with E-state index in [1.165, 1.54) is 0 Å². The van der Waals surface area contributed by atoms with Crippen molar-refractivity contribution in [1.29, 1.82) is 0 Å². The van der Waals surface area contributed by atoms with Crippen LogP contribution in [0.4, 0.5) is 11.4 Å². The zero-order valence-corrected chi connectivity index (χ0v) is 13.3. The Morgan fingerprint density at radius 1 is 1.33 bits per heavy atom. The van der Waals surface area contributed by atoms with Gasteiger partial charge in [-0.3, -0.25) is 4.79 Å². The van der Waals surface area contributed by atoms with Crippen LogP contribution >= 0.6 is 23.4 Å². The second kappa shape index (κ2) is 5.58. The molecule has 0 aliphatic carbocycles. The number of aromatic nitrogens is 1. The third-order valence-electron chi connectivity index (χ3n) is 3.39. The second-order valence-electron chi connectivity index (χ2n) is 4.80. The molecule has 1 amide bonds. The molecule has 21 heavy (non-hydrogen) atoms. The molecule has 2 heterocycles. The molecule has 0 atom stereocenters. The summed E-state index contributed by atoms with van der Waals surface area (Å²) in [6, 6.07) is 9.66. The second-order valence-corrected chi connectivity index (χ2v) is 6.04. The standard InChI is InChI=1S/C15H14ClN3OS/c1-19-8-11-14(15(19)20)10(7-13(16)18-11)17-9-5-3-4-6-12(9)21-2/h3-7H,8H2,1-2H3,(H,17,18). The number of fused-ring (bicyclic) bond motifs is 1. The van der Waals surface area contributed by atoms with E-state index in [1.54, 1.807) is 29.8 Å². The summed E-state index contributed by atoms with van der Waals surface area (Å²) in [5, 5.41) is 3.71. The number of rotatable bonds is 3. The first kappa shape index (κ1) is 14.2. The number of hydrogen-bond donors (Lipinski definition) is 1. The minimum absolute atomic E-state index is 0.0294. The van der Waals surface area contributed by atoms with E-state index in [0.29, 0.717) is 22.9 Å². The Kier molecular flexibility index (Phi) is 3.78. The number of thioether (sulfide) groups is 1. The van der Waals surface area contributed by atoms with Crippen molar-refractivity contribution in [3.63, 3.8) is 0 Å². The lowest BCUT2D eigenvalue weighted by Gasteiger charge is -2.13. The van der Waals surface area contributed by atoms with E-state index in [1.807, 2.05) is 30.5 Å².